The van der Waals surface area contributed by atoms with Gasteiger partial charge in [0, 0.05) is 0 Å². The van der Waals surface area contributed by atoms with Crippen molar-refractivity contribution in [1.29, 1.82) is 0 Å². The van der Waals surface area contributed by atoms with E-state index in [0.29, 0.717) is 0 Å². The fraction of sp³-hybridized carbons (Fsp3) is 1.00. The molecule has 0 fully saturated rings. The number of halogens is 4. The van der Waals surface area contributed by atoms with Crippen LogP contribution in [0.15, 0.2) is 0 Å². The second-order valence-corrected chi connectivity index (χ2v) is 55.4. The molecule has 0 unspecified atom stereocenters. The maximum absolute atomic E-state index is 2.43. The fourth-order valence-electron chi connectivity index (χ4n) is 1.34. The van der Waals surface area contributed by atoms with Gasteiger partial charge in [0.1, 0.15) is 0 Å². The van der Waals surface area contributed by atoms with Crippen molar-refractivity contribution in [1.82, 2.24) is 0 Å². The van der Waals surface area contributed by atoms with E-state index < -0.39 is 0 Å². The molecule has 20 heavy (non-hydrogen) atoms. The Morgan fingerprint density at radius 2 is 0.600 bits per heavy atom. The molecular formula is C12H30As2Ga2I4. The number of hydrogen-bond acceptors (Lipinski definition) is 0. The molecule has 0 spiro atoms. The van der Waals surface area contributed by atoms with Crippen LogP contribution in [0.4, 0.5) is 0 Å². The van der Waals surface area contributed by atoms with Crippen LogP contribution < -0.4 is 0 Å². The van der Waals surface area contributed by atoms with Crippen molar-refractivity contribution in [2.75, 3.05) is 0 Å². The Labute approximate surface area is 197 Å². The second-order valence-electron chi connectivity index (χ2n) is 3.40. The van der Waals surface area contributed by atoms with E-state index in [1.807, 2.05) is 0 Å². The number of rotatable bonds is 6. The van der Waals surface area contributed by atoms with Crippen LogP contribution in [0.5, 0.6) is 0 Å². The van der Waals surface area contributed by atoms with Crippen LogP contribution in [0.1, 0.15) is 41.5 Å². The van der Waals surface area contributed by atoms with Crippen LogP contribution in [0.3, 0.4) is 0 Å². The van der Waals surface area contributed by atoms with Crippen molar-refractivity contribution in [3.8, 4) is 0 Å². The van der Waals surface area contributed by atoms with Gasteiger partial charge in [0.05, 0.1) is 0 Å². The molecule has 0 bridgehead atoms. The first kappa shape index (κ1) is 32.9. The van der Waals surface area contributed by atoms with Crippen molar-refractivity contribution in [3.63, 3.8) is 0 Å². The van der Waals surface area contributed by atoms with Crippen LogP contribution in [-0.4, -0.2) is 49.9 Å². The zero-order valence-electron chi connectivity index (χ0n) is 13.8. The molecule has 0 N–H and O–H groups in total. The molecule has 0 saturated carbocycles. The Morgan fingerprint density at radius 1 is 0.500 bits per heavy atom. The van der Waals surface area contributed by atoms with Crippen molar-refractivity contribution in [2.45, 2.75) is 72.8 Å². The van der Waals surface area contributed by atoms with E-state index in [0.717, 1.165) is 0 Å². The topological polar surface area (TPSA) is 0 Å². The van der Waals surface area contributed by atoms with Crippen LogP contribution >= 0.6 is 78.7 Å². The van der Waals surface area contributed by atoms with E-state index in [2.05, 4.69) is 120 Å². The zero-order valence-corrected chi connectivity index (χ0v) is 31.0. The summed E-state index contributed by atoms with van der Waals surface area (Å²) in [6.45, 7) is 14.0. The van der Waals surface area contributed by atoms with E-state index in [1.165, 1.54) is 31.3 Å². The average Bonchev–Trinajstić information content (AvgIpc) is 2.45. The summed E-state index contributed by atoms with van der Waals surface area (Å²) in [5, 5.41) is 9.00. The van der Waals surface area contributed by atoms with Gasteiger partial charge in [0.25, 0.3) is 0 Å². The first-order valence-corrected chi connectivity index (χ1v) is 44.5. The Hall–Kier alpha value is 5.31. The Balaban J connectivity index is -0.0000000927. The molecule has 0 aromatic carbocycles. The van der Waals surface area contributed by atoms with E-state index in [4.69, 9.17) is 0 Å². The summed E-state index contributed by atoms with van der Waals surface area (Å²) in [7, 11) is 0.505. The molecule has 0 nitrogen and oxygen atoms in total. The third-order valence-electron chi connectivity index (χ3n) is 2.68. The van der Waals surface area contributed by atoms with E-state index in [-0.39, 0.29) is 49.9 Å². The molecule has 8 heteroatoms. The summed E-state index contributed by atoms with van der Waals surface area (Å²) in [5.41, 5.74) is 0. The van der Waals surface area contributed by atoms with Gasteiger partial charge in [-0.05, 0) is 0 Å². The fourth-order valence-corrected chi connectivity index (χ4v) is 6.97. The molecule has 2 radical (unpaired) electrons. The van der Waals surface area contributed by atoms with Gasteiger partial charge >= 0.3 is 201 Å². The molecule has 0 aliphatic rings. The molecular weight excluding hydrogens is 941 g/mol. The van der Waals surface area contributed by atoms with Gasteiger partial charge in [-0.15, -0.1) is 0 Å². The van der Waals surface area contributed by atoms with Gasteiger partial charge in [0.2, 0.25) is 0 Å². The van der Waals surface area contributed by atoms with Gasteiger partial charge in [0.15, 0.2) is 0 Å². The number of hydrogen-bond donors (Lipinski definition) is 0. The molecule has 0 aromatic rings. The minimum absolute atomic E-state index is 0.229. The standard InChI is InChI=1S/2C6H15As.2Ga.4HI/c2*1-4-7(5-2)6-3;;;;;;/h2*4-6H2,1-3H3;;;4*1H/q;;2*+2;;;;/p-4. The maximum atomic E-state index is 2.43. The van der Waals surface area contributed by atoms with Gasteiger partial charge in [-0.3, -0.25) is 0 Å². The van der Waals surface area contributed by atoms with Crippen LogP contribution in [0.25, 0.3) is 0 Å². The first-order valence-electron chi connectivity index (χ1n) is 7.01. The van der Waals surface area contributed by atoms with Crippen LogP contribution in [-0.2, 0) is 0 Å². The predicted molar refractivity (Wildman–Crippen MR) is 142 cm³/mol. The van der Waals surface area contributed by atoms with E-state index >= 15 is 0 Å². The third kappa shape index (κ3) is 38.7. The van der Waals surface area contributed by atoms with E-state index in [1.54, 1.807) is 0 Å². The quantitative estimate of drug-likeness (QED) is 0.188. The van der Waals surface area contributed by atoms with Gasteiger partial charge in [-0.1, -0.05) is 0 Å². The molecule has 0 rings (SSSR count). The van der Waals surface area contributed by atoms with Gasteiger partial charge < -0.3 is 0 Å². The van der Waals surface area contributed by atoms with Crippen LogP contribution in [0, 0.1) is 0 Å². The summed E-state index contributed by atoms with van der Waals surface area (Å²) >= 11 is 9.27. The molecule has 0 aromatic heterocycles. The molecule has 0 amide bonds. The summed E-state index contributed by atoms with van der Waals surface area (Å²) in [4.78, 5) is 0. The van der Waals surface area contributed by atoms with Crippen molar-refractivity contribution >= 4 is 129 Å². The molecule has 0 aliphatic heterocycles. The molecule has 0 atom stereocenters. The van der Waals surface area contributed by atoms with Gasteiger partial charge in [-0.25, -0.2) is 0 Å². The Kier molecular flexibility index (Phi) is 58.3. The van der Waals surface area contributed by atoms with Crippen molar-refractivity contribution < 1.29 is 0 Å². The minimum atomic E-state index is -0.229. The summed E-state index contributed by atoms with van der Waals surface area (Å²) in [5.74, 6) is 0. The summed E-state index contributed by atoms with van der Waals surface area (Å²) in [6.07, 6.45) is 0. The monoisotopic (exact) mass is 970 g/mol. The SMILES string of the molecule is CC[As](CC)CC.CC[As](CC)CC.[I][Ga][I].[I][Ga][I]. The molecule has 0 saturated heterocycles. The molecule has 0 aliphatic carbocycles. The second kappa shape index (κ2) is 35.4. The van der Waals surface area contributed by atoms with Crippen LogP contribution in [0.2, 0.25) is 31.3 Å². The summed E-state index contributed by atoms with van der Waals surface area (Å²) in [6, 6.07) is 0. The zero-order chi connectivity index (χ0) is 16.8. The Bertz CT molecular complexity index is 105. The third-order valence-corrected chi connectivity index (χ3v) is 13.9. The molecule has 122 valence electrons. The summed E-state index contributed by atoms with van der Waals surface area (Å²) < 4.78 is 0. The predicted octanol–water partition coefficient (Wildman–Crippen LogP) is 7.86. The van der Waals surface area contributed by atoms with E-state index in [9.17, 15) is 0 Å². The Morgan fingerprint density at radius 3 is 0.600 bits per heavy atom. The molecule has 0 heterocycles. The van der Waals surface area contributed by atoms with Crippen molar-refractivity contribution in [2.24, 2.45) is 0 Å². The van der Waals surface area contributed by atoms with Crippen molar-refractivity contribution in [3.05, 3.63) is 0 Å². The first-order chi connectivity index (χ1) is 9.52. The average molecular weight is 971 g/mol. The van der Waals surface area contributed by atoms with Gasteiger partial charge in [-0.2, -0.15) is 0 Å². The normalized spacial score (nSPS) is 8.60.